The minimum Gasteiger partial charge on any atom is -0.480 e. The number of hydrogen-bond acceptors (Lipinski definition) is 7. The van der Waals surface area contributed by atoms with E-state index < -0.39 is 89.6 Å². The minimum atomic E-state index is -1.22. The predicted molar refractivity (Wildman–Crippen MR) is 237 cm³/mol. The number of carbonyl (C=O) groups excluding carboxylic acids is 6. The maximum atomic E-state index is 14.7. The van der Waals surface area contributed by atoms with Crippen molar-refractivity contribution in [3.8, 4) is 0 Å². The molecule has 7 amide bonds. The number of aliphatic carboxylic acids is 1. The topological polar surface area (TPSA) is 231 Å². The van der Waals surface area contributed by atoms with Crippen molar-refractivity contribution in [2.75, 3.05) is 13.6 Å². The van der Waals surface area contributed by atoms with E-state index in [1.165, 1.54) is 11.9 Å². The predicted octanol–water partition coefficient (Wildman–Crippen LogP) is 3.79. The summed E-state index contributed by atoms with van der Waals surface area (Å²) in [6.45, 7) is 11.1. The molecule has 0 radical (unpaired) electrons. The van der Waals surface area contributed by atoms with E-state index in [2.05, 4.69) is 36.9 Å². The van der Waals surface area contributed by atoms with E-state index in [-0.39, 0.29) is 38.1 Å². The highest BCUT2D eigenvalue weighted by Crippen LogP contribution is 2.22. The van der Waals surface area contributed by atoms with Gasteiger partial charge in [0.05, 0.1) is 0 Å². The number of hydrogen-bond donors (Lipinski definition) is 8. The molecule has 1 aliphatic rings. The van der Waals surface area contributed by atoms with Gasteiger partial charge in [-0.15, -0.1) is 0 Å². The number of nitrogens with one attached hydrogen (secondary N) is 7. The molecule has 4 rings (SSSR count). The van der Waals surface area contributed by atoms with Crippen molar-refractivity contribution in [3.05, 3.63) is 71.9 Å². The monoisotopic (exact) mass is 859 g/mol. The average molecular weight is 859 g/mol. The van der Waals surface area contributed by atoms with Gasteiger partial charge in [-0.25, -0.2) is 9.59 Å². The van der Waals surface area contributed by atoms with E-state index in [4.69, 9.17) is 0 Å². The smallest absolute Gasteiger partial charge is 0.326 e. The van der Waals surface area contributed by atoms with Gasteiger partial charge >= 0.3 is 12.0 Å². The van der Waals surface area contributed by atoms with Gasteiger partial charge in [0.1, 0.15) is 36.3 Å². The first-order valence-electron chi connectivity index (χ1n) is 21.9. The van der Waals surface area contributed by atoms with Crippen LogP contribution in [-0.2, 0) is 41.6 Å². The van der Waals surface area contributed by atoms with Crippen LogP contribution in [0.3, 0.4) is 0 Å². The molecule has 16 heteroatoms. The van der Waals surface area contributed by atoms with Crippen molar-refractivity contribution in [3.63, 3.8) is 0 Å². The van der Waals surface area contributed by atoms with E-state index in [9.17, 15) is 38.7 Å². The largest absolute Gasteiger partial charge is 0.480 e. The summed E-state index contributed by atoms with van der Waals surface area (Å²) in [6, 6.07) is 9.25. The molecule has 2 heterocycles. The lowest BCUT2D eigenvalue weighted by molar-refractivity contribution is -0.143. The van der Waals surface area contributed by atoms with Gasteiger partial charge in [-0.3, -0.25) is 24.0 Å². The molecule has 2 aromatic carbocycles. The van der Waals surface area contributed by atoms with Crippen molar-refractivity contribution in [1.29, 1.82) is 0 Å². The maximum Gasteiger partial charge on any atom is 0.326 e. The van der Waals surface area contributed by atoms with E-state index in [1.807, 2.05) is 75.4 Å². The van der Waals surface area contributed by atoms with Crippen molar-refractivity contribution in [2.24, 2.45) is 17.8 Å². The Kier molecular flexibility index (Phi) is 18.3. The number of carboxylic acids is 1. The number of aromatic amines is 1. The Bertz CT molecular complexity index is 2000. The fourth-order valence-corrected chi connectivity index (χ4v) is 7.65. The molecule has 1 saturated heterocycles. The molecular weight excluding hydrogens is 793 g/mol. The van der Waals surface area contributed by atoms with Crippen LogP contribution in [0.4, 0.5) is 4.79 Å². The lowest BCUT2D eigenvalue weighted by atomic mass is 9.95. The SMILES string of the molecule is CC[C@@H](C)[C@@H]1NC(=O)[C@@H](NC(=O)N[C@@H](C(=O)O)[C@@H](C)CC)CCCCNC(=O)[C@H](Cc2ccccc2)NC(=O)[C@H](Cc2c[nH]c3ccccc23)N(C)C(=O)[C@H](CC(C)C)NC1=O. The van der Waals surface area contributed by atoms with Gasteiger partial charge in [0.15, 0.2) is 0 Å². The molecule has 8 atom stereocenters. The zero-order valence-electron chi connectivity index (χ0n) is 37.1. The Balaban J connectivity index is 1.75. The number of carboxylic acid groups (broad SMARTS) is 1. The average Bonchev–Trinajstić information content (AvgIpc) is 3.66. The Hall–Kier alpha value is -5.93. The van der Waals surface area contributed by atoms with E-state index in [0.717, 1.165) is 22.0 Å². The highest BCUT2D eigenvalue weighted by molar-refractivity contribution is 5.97. The first kappa shape index (κ1) is 48.7. The van der Waals surface area contributed by atoms with Crippen LogP contribution in [0.25, 0.3) is 10.9 Å². The summed E-state index contributed by atoms with van der Waals surface area (Å²) < 4.78 is 0. The van der Waals surface area contributed by atoms with Crippen LogP contribution < -0.4 is 31.9 Å². The van der Waals surface area contributed by atoms with Gasteiger partial charge < -0.3 is 46.9 Å². The molecule has 62 heavy (non-hydrogen) atoms. The highest BCUT2D eigenvalue weighted by Gasteiger charge is 2.38. The second-order valence-corrected chi connectivity index (χ2v) is 17.0. The number of benzene rings is 2. The summed E-state index contributed by atoms with van der Waals surface area (Å²) in [5.41, 5.74) is 2.43. The van der Waals surface area contributed by atoms with Crippen LogP contribution in [0, 0.1) is 17.8 Å². The zero-order valence-corrected chi connectivity index (χ0v) is 37.1. The molecule has 1 fully saturated rings. The third kappa shape index (κ3) is 13.5. The second kappa shape index (κ2) is 23.3. The third-order valence-corrected chi connectivity index (χ3v) is 11.8. The fraction of sp³-hybridized carbons (Fsp3) is 0.543. The molecule has 0 spiro atoms. The summed E-state index contributed by atoms with van der Waals surface area (Å²) in [7, 11) is 1.51. The van der Waals surface area contributed by atoms with Gasteiger partial charge in [-0.2, -0.15) is 0 Å². The van der Waals surface area contributed by atoms with Crippen LogP contribution in [0.5, 0.6) is 0 Å². The molecule has 0 saturated carbocycles. The number of amides is 7. The van der Waals surface area contributed by atoms with Crippen LogP contribution in [0.2, 0.25) is 0 Å². The quantitative estimate of drug-likeness (QED) is 0.126. The number of fused-ring (bicyclic) bond motifs is 1. The summed E-state index contributed by atoms with van der Waals surface area (Å²) in [5.74, 6) is -4.91. The fourth-order valence-electron chi connectivity index (χ4n) is 7.65. The number of carbonyl (C=O) groups is 7. The standard InChI is InChI=1S/C46H66N8O8/c1-8-28(5)38-43(58)50-36(23-27(3)4)44(59)54(7)37(25-31-26-48-33-20-14-13-19-32(31)33)42(57)49-35(24-30-17-11-10-12-18-30)40(55)47-22-16-15-21-34(41(56)52-38)51-46(62)53-39(45(60)61)29(6)9-2/h10-14,17-20,26-29,34-39,48H,8-9,15-16,21-25H2,1-7H3,(H,47,55)(H,49,57)(H,50,58)(H,52,56)(H,60,61)(H2,51,53,62)/t28-,29+,34+,35+,36+,37+,38+,39-/m1/s1. The van der Waals surface area contributed by atoms with Gasteiger partial charge in [-0.05, 0) is 60.6 Å². The normalized spacial score (nSPS) is 22.8. The number of H-pyrrole nitrogens is 1. The summed E-state index contributed by atoms with van der Waals surface area (Å²) in [4.78, 5) is 102. The third-order valence-electron chi connectivity index (χ3n) is 11.8. The van der Waals surface area contributed by atoms with Crippen molar-refractivity contribution in [2.45, 2.75) is 129 Å². The molecule has 1 aromatic heterocycles. The number of nitrogens with zero attached hydrogens (tertiary/aromatic N) is 1. The summed E-state index contributed by atoms with van der Waals surface area (Å²) in [5, 5.41) is 27.4. The van der Waals surface area contributed by atoms with Crippen LogP contribution in [-0.4, -0.2) is 106 Å². The molecule has 8 N–H and O–H groups in total. The van der Waals surface area contributed by atoms with Crippen molar-refractivity contribution >= 4 is 52.4 Å². The maximum absolute atomic E-state index is 14.7. The van der Waals surface area contributed by atoms with Crippen LogP contribution in [0.1, 0.15) is 91.2 Å². The molecule has 16 nitrogen and oxygen atoms in total. The Morgan fingerprint density at radius 2 is 1.48 bits per heavy atom. The lowest BCUT2D eigenvalue weighted by Gasteiger charge is -2.33. The first-order chi connectivity index (χ1) is 29.5. The van der Waals surface area contributed by atoms with Gasteiger partial charge in [0, 0.05) is 43.5 Å². The number of likely N-dealkylation sites (N-methyl/N-ethyl adjacent to an activating group) is 1. The van der Waals surface area contributed by atoms with Crippen LogP contribution >= 0.6 is 0 Å². The Labute approximate surface area is 364 Å². The second-order valence-electron chi connectivity index (χ2n) is 17.0. The highest BCUT2D eigenvalue weighted by atomic mass is 16.4. The first-order valence-corrected chi connectivity index (χ1v) is 21.9. The van der Waals surface area contributed by atoms with Gasteiger partial charge in [-0.1, -0.05) is 103 Å². The molecule has 3 aromatic rings. The van der Waals surface area contributed by atoms with Crippen LogP contribution in [0.15, 0.2) is 60.8 Å². The van der Waals surface area contributed by atoms with E-state index in [0.29, 0.717) is 25.7 Å². The van der Waals surface area contributed by atoms with Gasteiger partial charge in [0.2, 0.25) is 29.5 Å². The Morgan fingerprint density at radius 3 is 2.15 bits per heavy atom. The van der Waals surface area contributed by atoms with Gasteiger partial charge in [0.25, 0.3) is 0 Å². The number of urea groups is 1. The lowest BCUT2D eigenvalue weighted by Crippen LogP contribution is -2.61. The zero-order chi connectivity index (χ0) is 45.5. The molecule has 0 bridgehead atoms. The van der Waals surface area contributed by atoms with E-state index in [1.54, 1.807) is 27.0 Å². The Morgan fingerprint density at radius 1 is 0.806 bits per heavy atom. The summed E-state index contributed by atoms with van der Waals surface area (Å²) >= 11 is 0. The molecule has 0 unspecified atom stereocenters. The minimum absolute atomic E-state index is 0.0760. The molecule has 338 valence electrons. The molecular formula is C46H66N8O8. The van der Waals surface area contributed by atoms with Crippen molar-refractivity contribution in [1.82, 2.24) is 41.8 Å². The van der Waals surface area contributed by atoms with Crippen molar-refractivity contribution < 1.29 is 38.7 Å². The number of rotatable bonds is 13. The molecule has 1 aliphatic heterocycles. The number of para-hydroxylation sites is 1. The van der Waals surface area contributed by atoms with E-state index >= 15 is 0 Å². The molecule has 0 aliphatic carbocycles. The summed E-state index contributed by atoms with van der Waals surface area (Å²) in [6.07, 6.45) is 4.03. The number of aromatic nitrogens is 1.